The Bertz CT molecular complexity index is 1110. The summed E-state index contributed by atoms with van der Waals surface area (Å²) < 4.78 is 44.5. The summed E-state index contributed by atoms with van der Waals surface area (Å²) in [7, 11) is 0. The maximum absolute atomic E-state index is 13.9. The summed E-state index contributed by atoms with van der Waals surface area (Å²) in [4.78, 5) is 8.55. The molecule has 120 valence electrons. The van der Waals surface area contributed by atoms with Gasteiger partial charge in [0.05, 0.1) is 16.6 Å². The Morgan fingerprint density at radius 2 is 1.83 bits per heavy atom. The van der Waals surface area contributed by atoms with Gasteiger partial charge in [-0.2, -0.15) is 0 Å². The van der Waals surface area contributed by atoms with E-state index in [9.17, 15) is 13.2 Å². The zero-order chi connectivity index (χ0) is 16.4. The summed E-state index contributed by atoms with van der Waals surface area (Å²) in [6.45, 7) is 0. The zero-order valence-electron chi connectivity index (χ0n) is 12.4. The topological polar surface area (TPSA) is 35.6 Å². The van der Waals surface area contributed by atoms with Gasteiger partial charge in [0.25, 0.3) is 0 Å². The molecule has 0 spiro atoms. The quantitative estimate of drug-likeness (QED) is 0.555. The number of benzene rings is 2. The predicted octanol–water partition coefficient (Wildman–Crippen LogP) is 4.13. The number of imidazole rings is 2. The van der Waals surface area contributed by atoms with Crippen molar-refractivity contribution in [3.8, 4) is 5.95 Å². The molecule has 1 fully saturated rings. The van der Waals surface area contributed by atoms with Gasteiger partial charge in [0, 0.05) is 6.04 Å². The first-order valence-electron chi connectivity index (χ1n) is 7.62. The average Bonchev–Trinajstić information content (AvgIpc) is 3.20. The van der Waals surface area contributed by atoms with Crippen LogP contribution in [-0.2, 0) is 0 Å². The highest BCUT2D eigenvalue weighted by molar-refractivity contribution is 5.81. The molecule has 1 aliphatic carbocycles. The molecule has 2 heterocycles. The van der Waals surface area contributed by atoms with Crippen LogP contribution in [-0.4, -0.2) is 19.1 Å². The minimum atomic E-state index is -0.980. The van der Waals surface area contributed by atoms with E-state index >= 15 is 0 Å². The second-order valence-electron chi connectivity index (χ2n) is 5.99. The van der Waals surface area contributed by atoms with Crippen LogP contribution in [0.5, 0.6) is 0 Å². The van der Waals surface area contributed by atoms with Crippen molar-refractivity contribution >= 4 is 22.1 Å². The highest BCUT2D eigenvalue weighted by atomic mass is 19.2. The van der Waals surface area contributed by atoms with Crippen molar-refractivity contribution in [3.63, 3.8) is 0 Å². The summed E-state index contributed by atoms with van der Waals surface area (Å²) in [5.41, 5.74) is 1.72. The molecular weight excluding hydrogens is 317 g/mol. The number of hydrogen-bond donors (Lipinski definition) is 0. The third kappa shape index (κ3) is 1.81. The second kappa shape index (κ2) is 4.59. The molecule has 0 atom stereocenters. The molecule has 4 nitrogen and oxygen atoms in total. The van der Waals surface area contributed by atoms with E-state index in [1.165, 1.54) is 24.5 Å². The van der Waals surface area contributed by atoms with Crippen molar-refractivity contribution in [2.45, 2.75) is 18.9 Å². The van der Waals surface area contributed by atoms with E-state index in [2.05, 4.69) is 9.97 Å². The SMILES string of the molecule is Fc1ccc2nc(-n3cnc4c(F)c(F)ccc43)n(C3CC3)c2c1. The summed E-state index contributed by atoms with van der Waals surface area (Å²) >= 11 is 0. The molecule has 0 radical (unpaired) electrons. The van der Waals surface area contributed by atoms with Crippen LogP contribution in [0.4, 0.5) is 13.2 Å². The molecule has 0 N–H and O–H groups in total. The van der Waals surface area contributed by atoms with Gasteiger partial charge in [-0.1, -0.05) is 0 Å². The number of nitrogens with zero attached hydrogens (tertiary/aromatic N) is 4. The van der Waals surface area contributed by atoms with E-state index in [1.54, 1.807) is 10.6 Å². The minimum Gasteiger partial charge on any atom is -0.306 e. The van der Waals surface area contributed by atoms with Gasteiger partial charge in [-0.05, 0) is 43.2 Å². The molecule has 0 aliphatic heterocycles. The normalized spacial score (nSPS) is 14.8. The van der Waals surface area contributed by atoms with Gasteiger partial charge in [0.15, 0.2) is 11.6 Å². The Morgan fingerprint density at radius 3 is 2.62 bits per heavy atom. The molecule has 1 saturated carbocycles. The van der Waals surface area contributed by atoms with Gasteiger partial charge < -0.3 is 4.57 Å². The third-order valence-corrected chi connectivity index (χ3v) is 4.37. The molecule has 0 saturated heterocycles. The van der Waals surface area contributed by atoms with E-state index < -0.39 is 11.6 Å². The number of rotatable bonds is 2. The molecule has 2 aromatic carbocycles. The first-order chi connectivity index (χ1) is 11.6. The summed E-state index contributed by atoms with van der Waals surface area (Å²) in [5, 5.41) is 0. The number of fused-ring (bicyclic) bond motifs is 2. The highest BCUT2D eigenvalue weighted by Crippen LogP contribution is 2.40. The highest BCUT2D eigenvalue weighted by Gasteiger charge is 2.29. The molecule has 0 unspecified atom stereocenters. The molecule has 4 aromatic rings. The number of aromatic nitrogens is 4. The Labute approximate surface area is 134 Å². The van der Waals surface area contributed by atoms with E-state index in [-0.39, 0.29) is 17.4 Å². The lowest BCUT2D eigenvalue weighted by Gasteiger charge is -2.09. The van der Waals surface area contributed by atoms with E-state index in [0.717, 1.165) is 18.9 Å². The predicted molar refractivity (Wildman–Crippen MR) is 82.5 cm³/mol. The lowest BCUT2D eigenvalue weighted by molar-refractivity contribution is 0.515. The summed E-state index contributed by atoms with van der Waals surface area (Å²) in [6, 6.07) is 7.19. The lowest BCUT2D eigenvalue weighted by atomic mass is 10.3. The van der Waals surface area contributed by atoms with Crippen molar-refractivity contribution in [1.29, 1.82) is 0 Å². The Hall–Kier alpha value is -2.83. The van der Waals surface area contributed by atoms with E-state index in [4.69, 9.17) is 0 Å². The van der Waals surface area contributed by atoms with Gasteiger partial charge in [0.2, 0.25) is 5.95 Å². The maximum atomic E-state index is 13.9. The molecular formula is C17H11F3N4. The smallest absolute Gasteiger partial charge is 0.216 e. The lowest BCUT2D eigenvalue weighted by Crippen LogP contribution is -2.05. The fraction of sp³-hybridized carbons (Fsp3) is 0.176. The second-order valence-corrected chi connectivity index (χ2v) is 5.99. The Balaban J connectivity index is 1.84. The van der Waals surface area contributed by atoms with Crippen LogP contribution in [0.1, 0.15) is 18.9 Å². The standard InChI is InChI=1S/C17H11F3N4/c18-9-1-5-12-14(7-9)24(10-2-3-10)17(22-12)23-8-21-16-13(23)6-4-11(19)15(16)20/h1,4-8,10H,2-3H2. The van der Waals surface area contributed by atoms with Crippen LogP contribution < -0.4 is 0 Å². The molecule has 7 heteroatoms. The molecule has 24 heavy (non-hydrogen) atoms. The molecule has 0 bridgehead atoms. The van der Waals surface area contributed by atoms with Gasteiger partial charge in [-0.15, -0.1) is 0 Å². The molecule has 2 aromatic heterocycles. The maximum Gasteiger partial charge on any atom is 0.216 e. The number of halogens is 3. The third-order valence-electron chi connectivity index (χ3n) is 4.37. The number of hydrogen-bond acceptors (Lipinski definition) is 2. The van der Waals surface area contributed by atoms with Gasteiger partial charge in [0.1, 0.15) is 17.7 Å². The van der Waals surface area contributed by atoms with Crippen molar-refractivity contribution in [1.82, 2.24) is 19.1 Å². The molecule has 1 aliphatic rings. The first kappa shape index (κ1) is 13.6. The van der Waals surface area contributed by atoms with Crippen LogP contribution in [0.2, 0.25) is 0 Å². The van der Waals surface area contributed by atoms with Crippen molar-refractivity contribution in [2.24, 2.45) is 0 Å². The van der Waals surface area contributed by atoms with Crippen LogP contribution in [0.15, 0.2) is 36.7 Å². The van der Waals surface area contributed by atoms with Gasteiger partial charge in [-0.3, -0.25) is 4.57 Å². The zero-order valence-corrected chi connectivity index (χ0v) is 12.4. The monoisotopic (exact) mass is 328 g/mol. The summed E-state index contributed by atoms with van der Waals surface area (Å²) in [6.07, 6.45) is 3.37. The summed E-state index contributed by atoms with van der Waals surface area (Å²) in [5.74, 6) is -1.72. The van der Waals surface area contributed by atoms with Crippen LogP contribution in [0.3, 0.4) is 0 Å². The van der Waals surface area contributed by atoms with Crippen LogP contribution in [0.25, 0.3) is 28.0 Å². The van der Waals surface area contributed by atoms with Crippen molar-refractivity contribution < 1.29 is 13.2 Å². The molecule has 5 rings (SSSR count). The largest absolute Gasteiger partial charge is 0.306 e. The van der Waals surface area contributed by atoms with Crippen LogP contribution in [0, 0.1) is 17.5 Å². The average molecular weight is 328 g/mol. The van der Waals surface area contributed by atoms with Gasteiger partial charge >= 0.3 is 0 Å². The van der Waals surface area contributed by atoms with E-state index in [0.29, 0.717) is 22.5 Å². The van der Waals surface area contributed by atoms with Gasteiger partial charge in [-0.25, -0.2) is 23.1 Å². The fourth-order valence-corrected chi connectivity index (χ4v) is 3.10. The van der Waals surface area contributed by atoms with Crippen molar-refractivity contribution in [2.75, 3.05) is 0 Å². The van der Waals surface area contributed by atoms with E-state index in [1.807, 2.05) is 4.57 Å². The first-order valence-corrected chi connectivity index (χ1v) is 7.62. The minimum absolute atomic E-state index is 0.0458. The Morgan fingerprint density at radius 1 is 1.00 bits per heavy atom. The fourth-order valence-electron chi connectivity index (χ4n) is 3.10. The Kier molecular flexibility index (Phi) is 2.60. The molecule has 0 amide bonds. The van der Waals surface area contributed by atoms with Crippen molar-refractivity contribution in [3.05, 3.63) is 54.1 Å². The van der Waals surface area contributed by atoms with Crippen LogP contribution >= 0.6 is 0 Å².